The van der Waals surface area contributed by atoms with Crippen molar-refractivity contribution in [3.8, 4) is 5.75 Å². The summed E-state index contributed by atoms with van der Waals surface area (Å²) in [5.74, 6) is 0.586. The zero-order chi connectivity index (χ0) is 21.3. The molecule has 4 N–H and O–H groups in total. The van der Waals surface area contributed by atoms with Crippen LogP contribution >= 0.6 is 0 Å². The summed E-state index contributed by atoms with van der Waals surface area (Å²) in [5.41, 5.74) is 7.89. The average Bonchev–Trinajstić information content (AvgIpc) is 3.61. The Morgan fingerprint density at radius 3 is 2.47 bits per heavy atom. The van der Waals surface area contributed by atoms with Gasteiger partial charge in [-0.15, -0.1) is 0 Å². The maximum absolute atomic E-state index is 12.5. The third kappa shape index (κ3) is 6.74. The van der Waals surface area contributed by atoms with Crippen molar-refractivity contribution in [1.82, 2.24) is 5.32 Å². The monoisotopic (exact) mass is 407 g/mol. The molecular formula is C24H29N3O3. The Kier molecular flexibility index (Phi) is 7.63. The summed E-state index contributed by atoms with van der Waals surface area (Å²) in [6.07, 6.45) is 6.67. The number of ether oxygens (including phenoxy) is 1. The summed E-state index contributed by atoms with van der Waals surface area (Å²) in [7, 11) is 1.59. The van der Waals surface area contributed by atoms with Gasteiger partial charge in [0, 0.05) is 17.8 Å². The summed E-state index contributed by atoms with van der Waals surface area (Å²) in [5, 5.41) is 5.80. The lowest BCUT2D eigenvalue weighted by molar-refractivity contribution is -0.123. The van der Waals surface area contributed by atoms with E-state index in [4.69, 9.17) is 10.5 Å². The highest BCUT2D eigenvalue weighted by Gasteiger charge is 2.33. The Hall–Kier alpha value is -3.12. The van der Waals surface area contributed by atoms with Crippen molar-refractivity contribution in [3.63, 3.8) is 0 Å². The van der Waals surface area contributed by atoms with E-state index in [0.29, 0.717) is 12.1 Å². The molecule has 1 saturated carbocycles. The first-order chi connectivity index (χ1) is 14.5. The number of carbonyl (C=O) groups is 2. The summed E-state index contributed by atoms with van der Waals surface area (Å²) in [4.78, 5) is 24.8. The third-order valence-electron chi connectivity index (χ3n) is 5.18. The molecule has 2 amide bonds. The van der Waals surface area contributed by atoms with E-state index in [0.717, 1.165) is 25.0 Å². The minimum Gasteiger partial charge on any atom is -0.497 e. The molecule has 3 rings (SSSR count). The molecule has 0 radical (unpaired) electrons. The van der Waals surface area contributed by atoms with Gasteiger partial charge in [0.15, 0.2) is 0 Å². The van der Waals surface area contributed by atoms with E-state index in [1.54, 1.807) is 37.5 Å². The maximum atomic E-state index is 12.5. The van der Waals surface area contributed by atoms with Crippen LogP contribution < -0.4 is 21.1 Å². The van der Waals surface area contributed by atoms with Gasteiger partial charge in [-0.05, 0) is 61.4 Å². The Morgan fingerprint density at radius 1 is 1.13 bits per heavy atom. The summed E-state index contributed by atoms with van der Waals surface area (Å²) >= 11 is 0. The van der Waals surface area contributed by atoms with E-state index in [-0.39, 0.29) is 23.8 Å². The van der Waals surface area contributed by atoms with E-state index < -0.39 is 6.04 Å². The van der Waals surface area contributed by atoms with E-state index in [1.165, 1.54) is 11.6 Å². The SMILES string of the molecule is COc1ccc(NC(=O)C=C[C@H](CCc2ccccc2)NC(=O)[C@@H](N)C2CC2)cc1. The summed E-state index contributed by atoms with van der Waals surface area (Å²) in [6, 6.07) is 16.4. The number of nitrogens with one attached hydrogen (secondary N) is 2. The highest BCUT2D eigenvalue weighted by Crippen LogP contribution is 2.31. The van der Waals surface area contributed by atoms with Crippen LogP contribution in [0, 0.1) is 5.92 Å². The van der Waals surface area contributed by atoms with E-state index in [2.05, 4.69) is 22.8 Å². The van der Waals surface area contributed by atoms with Crippen LogP contribution in [0.1, 0.15) is 24.8 Å². The standard InChI is InChI=1S/C24H29N3O3/c1-30-21-14-11-19(12-15-21)26-22(28)16-13-20(10-7-17-5-3-2-4-6-17)27-24(29)23(25)18-8-9-18/h2-6,11-16,18,20,23H,7-10,25H2,1H3,(H,26,28)(H,27,29)/t20-,23-/m0/s1. The molecule has 1 aliphatic rings. The van der Waals surface area contributed by atoms with Crippen molar-refractivity contribution in [2.24, 2.45) is 11.7 Å². The maximum Gasteiger partial charge on any atom is 0.248 e. The van der Waals surface area contributed by atoms with Gasteiger partial charge in [0.2, 0.25) is 11.8 Å². The number of hydrogen-bond donors (Lipinski definition) is 3. The summed E-state index contributed by atoms with van der Waals surface area (Å²) in [6.45, 7) is 0. The second-order valence-corrected chi connectivity index (χ2v) is 7.58. The van der Waals surface area contributed by atoms with Gasteiger partial charge >= 0.3 is 0 Å². The third-order valence-corrected chi connectivity index (χ3v) is 5.18. The predicted molar refractivity (Wildman–Crippen MR) is 118 cm³/mol. The fraction of sp³-hybridized carbons (Fsp3) is 0.333. The lowest BCUT2D eigenvalue weighted by Gasteiger charge is -2.18. The van der Waals surface area contributed by atoms with Crippen LogP contribution in [0.15, 0.2) is 66.7 Å². The van der Waals surface area contributed by atoms with Gasteiger partial charge in [0.1, 0.15) is 5.75 Å². The Morgan fingerprint density at radius 2 is 1.83 bits per heavy atom. The minimum absolute atomic E-state index is 0.157. The number of amides is 2. The minimum atomic E-state index is -0.481. The number of methoxy groups -OCH3 is 1. The van der Waals surface area contributed by atoms with Gasteiger partial charge in [-0.1, -0.05) is 36.4 Å². The van der Waals surface area contributed by atoms with Crippen molar-refractivity contribution in [1.29, 1.82) is 0 Å². The van der Waals surface area contributed by atoms with Crippen molar-refractivity contribution >= 4 is 17.5 Å². The number of aryl methyl sites for hydroxylation is 1. The number of carbonyl (C=O) groups excluding carboxylic acids is 2. The predicted octanol–water partition coefficient (Wildman–Crippen LogP) is 3.04. The lowest BCUT2D eigenvalue weighted by atomic mass is 10.0. The van der Waals surface area contributed by atoms with Crippen molar-refractivity contribution in [2.75, 3.05) is 12.4 Å². The van der Waals surface area contributed by atoms with E-state index in [9.17, 15) is 9.59 Å². The number of hydrogen-bond acceptors (Lipinski definition) is 4. The highest BCUT2D eigenvalue weighted by molar-refractivity contribution is 5.99. The van der Waals surface area contributed by atoms with E-state index >= 15 is 0 Å². The molecule has 0 spiro atoms. The molecule has 0 heterocycles. The van der Waals surface area contributed by atoms with Crippen molar-refractivity contribution in [2.45, 2.75) is 37.8 Å². The fourth-order valence-electron chi connectivity index (χ4n) is 3.19. The van der Waals surface area contributed by atoms with Crippen LogP contribution in [0.25, 0.3) is 0 Å². The number of rotatable bonds is 10. The smallest absolute Gasteiger partial charge is 0.248 e. The Balaban J connectivity index is 1.60. The van der Waals surface area contributed by atoms with Gasteiger partial charge in [-0.2, -0.15) is 0 Å². The van der Waals surface area contributed by atoms with Gasteiger partial charge in [0.25, 0.3) is 0 Å². The van der Waals surface area contributed by atoms with Gasteiger partial charge in [-0.3, -0.25) is 9.59 Å². The molecule has 6 heteroatoms. The molecule has 2 aromatic rings. The van der Waals surface area contributed by atoms with Crippen LogP contribution in [0.2, 0.25) is 0 Å². The molecule has 30 heavy (non-hydrogen) atoms. The van der Waals surface area contributed by atoms with Crippen LogP contribution in [0.5, 0.6) is 5.75 Å². The lowest BCUT2D eigenvalue weighted by Crippen LogP contribution is -2.46. The Labute approximate surface area is 177 Å². The number of nitrogens with two attached hydrogens (primary N) is 1. The number of benzene rings is 2. The Bertz CT molecular complexity index is 861. The molecule has 0 saturated heterocycles. The van der Waals surface area contributed by atoms with Crippen molar-refractivity contribution < 1.29 is 14.3 Å². The largest absolute Gasteiger partial charge is 0.497 e. The van der Waals surface area contributed by atoms with Crippen molar-refractivity contribution in [3.05, 3.63) is 72.3 Å². The quantitative estimate of drug-likeness (QED) is 0.528. The average molecular weight is 408 g/mol. The normalized spacial score (nSPS) is 15.4. The topological polar surface area (TPSA) is 93.5 Å². The van der Waals surface area contributed by atoms with Crippen LogP contribution in [-0.2, 0) is 16.0 Å². The van der Waals surface area contributed by atoms with Crippen LogP contribution in [0.3, 0.4) is 0 Å². The first-order valence-corrected chi connectivity index (χ1v) is 10.3. The molecule has 0 aromatic heterocycles. The molecule has 2 aromatic carbocycles. The molecule has 0 unspecified atom stereocenters. The van der Waals surface area contributed by atoms with Gasteiger partial charge in [-0.25, -0.2) is 0 Å². The molecule has 0 bridgehead atoms. The van der Waals surface area contributed by atoms with Crippen LogP contribution in [-0.4, -0.2) is 31.0 Å². The molecule has 1 aliphatic carbocycles. The molecular weight excluding hydrogens is 378 g/mol. The zero-order valence-corrected chi connectivity index (χ0v) is 17.2. The van der Waals surface area contributed by atoms with Gasteiger partial charge in [0.05, 0.1) is 13.2 Å². The highest BCUT2D eigenvalue weighted by atomic mass is 16.5. The number of anilines is 1. The summed E-state index contributed by atoms with van der Waals surface area (Å²) < 4.78 is 5.12. The zero-order valence-electron chi connectivity index (χ0n) is 17.2. The van der Waals surface area contributed by atoms with E-state index in [1.807, 2.05) is 18.2 Å². The molecule has 0 aliphatic heterocycles. The first kappa shape index (κ1) is 21.6. The van der Waals surface area contributed by atoms with Gasteiger partial charge < -0.3 is 21.1 Å². The first-order valence-electron chi connectivity index (χ1n) is 10.3. The molecule has 158 valence electrons. The second kappa shape index (κ2) is 10.6. The molecule has 2 atom stereocenters. The fourth-order valence-corrected chi connectivity index (χ4v) is 3.19. The molecule has 6 nitrogen and oxygen atoms in total. The molecule has 1 fully saturated rings. The second-order valence-electron chi connectivity index (χ2n) is 7.58. The van der Waals surface area contributed by atoms with Crippen LogP contribution in [0.4, 0.5) is 5.69 Å².